The van der Waals surface area contributed by atoms with Gasteiger partial charge in [0, 0.05) is 31.1 Å². The third kappa shape index (κ3) is 8.60. The number of fused-ring (bicyclic) bond motifs is 1. The summed E-state index contributed by atoms with van der Waals surface area (Å²) in [6, 6.07) is 3.52. The van der Waals surface area contributed by atoms with Gasteiger partial charge in [-0.15, -0.1) is 0 Å². The summed E-state index contributed by atoms with van der Waals surface area (Å²) in [4.78, 5) is 22.4. The van der Waals surface area contributed by atoms with Crippen LogP contribution in [0.5, 0.6) is 0 Å². The lowest BCUT2D eigenvalue weighted by Gasteiger charge is -2.18. The van der Waals surface area contributed by atoms with Gasteiger partial charge in [0.15, 0.2) is 0 Å². The van der Waals surface area contributed by atoms with E-state index < -0.39 is 0 Å². The largest absolute Gasteiger partial charge is 0.491 e. The molecule has 1 aliphatic carbocycles. The Labute approximate surface area is 182 Å². The lowest BCUT2D eigenvalue weighted by molar-refractivity contribution is -0.120. The van der Waals surface area contributed by atoms with Crippen molar-refractivity contribution in [3.05, 3.63) is 45.4 Å². The summed E-state index contributed by atoms with van der Waals surface area (Å²) < 4.78 is 7.87. The van der Waals surface area contributed by atoms with Gasteiger partial charge in [-0.3, -0.25) is 9.59 Å². The van der Waals surface area contributed by atoms with Gasteiger partial charge in [-0.05, 0) is 51.7 Å². The maximum Gasteiger partial charge on any atom is 0.250 e. The Balaban J connectivity index is 0.000000479. The van der Waals surface area contributed by atoms with E-state index in [0.717, 1.165) is 42.9 Å². The summed E-state index contributed by atoms with van der Waals surface area (Å²) in [5.41, 5.74) is 3.19. The first kappa shape index (κ1) is 25.7. The first-order valence-corrected chi connectivity index (χ1v) is 11.1. The van der Waals surface area contributed by atoms with Gasteiger partial charge in [-0.1, -0.05) is 45.3 Å². The van der Waals surface area contributed by atoms with Gasteiger partial charge in [-0.2, -0.15) is 0 Å². The molecule has 0 bridgehead atoms. The van der Waals surface area contributed by atoms with Gasteiger partial charge in [0.25, 0.3) is 5.56 Å². The maximum atomic E-state index is 12.0. The number of hydrogen-bond donors (Lipinski definition) is 1. The van der Waals surface area contributed by atoms with Crippen LogP contribution in [0.25, 0.3) is 11.8 Å². The van der Waals surface area contributed by atoms with Crippen molar-refractivity contribution in [3.63, 3.8) is 0 Å². The van der Waals surface area contributed by atoms with Crippen LogP contribution in [-0.4, -0.2) is 22.6 Å². The molecule has 1 aliphatic rings. The van der Waals surface area contributed by atoms with E-state index in [-0.39, 0.29) is 17.0 Å². The van der Waals surface area contributed by atoms with Crippen LogP contribution in [0.2, 0.25) is 0 Å². The first-order chi connectivity index (χ1) is 14.1. The molecule has 1 N–H and O–H groups in total. The molecule has 0 aromatic carbocycles. The highest BCUT2D eigenvalue weighted by atomic mass is 16.5. The monoisotopic (exact) mass is 416 g/mol. The van der Waals surface area contributed by atoms with Gasteiger partial charge < -0.3 is 14.6 Å². The van der Waals surface area contributed by atoms with E-state index in [4.69, 9.17) is 4.74 Å². The number of rotatable bonds is 7. The second kappa shape index (κ2) is 12.4. The number of nitrogens with zero attached hydrogens (tertiary/aromatic N) is 1. The van der Waals surface area contributed by atoms with Crippen molar-refractivity contribution in [1.29, 1.82) is 0 Å². The van der Waals surface area contributed by atoms with Crippen LogP contribution < -0.4 is 10.9 Å². The van der Waals surface area contributed by atoms with Crippen LogP contribution in [-0.2, 0) is 16.6 Å². The summed E-state index contributed by atoms with van der Waals surface area (Å²) in [5.74, 6) is 0.941. The smallest absolute Gasteiger partial charge is 0.250 e. The van der Waals surface area contributed by atoms with E-state index in [1.54, 1.807) is 10.6 Å². The van der Waals surface area contributed by atoms with E-state index in [9.17, 15) is 9.59 Å². The predicted molar refractivity (Wildman–Crippen MR) is 126 cm³/mol. The minimum atomic E-state index is -0.0775. The molecule has 1 amide bonds. The zero-order chi connectivity index (χ0) is 22.7. The third-order valence-corrected chi connectivity index (χ3v) is 4.76. The number of carbonyl (C=O) groups is 1. The molecule has 0 atom stereocenters. The summed E-state index contributed by atoms with van der Waals surface area (Å²) in [7, 11) is 1.83. The van der Waals surface area contributed by atoms with Crippen LogP contribution in [0.3, 0.4) is 0 Å². The number of allylic oxidation sites excluding steroid dienone is 2. The molecule has 1 aromatic rings. The van der Waals surface area contributed by atoms with Gasteiger partial charge in [-0.25, -0.2) is 0 Å². The Morgan fingerprint density at radius 2 is 1.87 bits per heavy atom. The number of hydrogen-bond acceptors (Lipinski definition) is 3. The second-order valence-electron chi connectivity index (χ2n) is 8.77. The zero-order valence-electron chi connectivity index (χ0n) is 19.9. The second-order valence-corrected chi connectivity index (χ2v) is 8.77. The van der Waals surface area contributed by atoms with Crippen molar-refractivity contribution >= 4 is 17.7 Å². The van der Waals surface area contributed by atoms with Crippen LogP contribution in [0.15, 0.2) is 28.6 Å². The molecule has 0 fully saturated rings. The van der Waals surface area contributed by atoms with E-state index >= 15 is 0 Å². The third-order valence-electron chi connectivity index (χ3n) is 4.76. The molecule has 0 spiro atoms. The number of nitrogens with one attached hydrogen (secondary N) is 1. The number of pyridine rings is 1. The lowest BCUT2D eigenvalue weighted by atomic mass is 10.1. The minimum Gasteiger partial charge on any atom is -0.491 e. The topological polar surface area (TPSA) is 60.3 Å². The standard InChI is InChI=1S/C19H27NO2.C6H13NO/c1-4-6-7-8-14-22-19-15(5-2)10-9-11-16-12-13-17(21)20(3)18(16)19;1-5(8)7-6(2,3)4/h9,11-13H,4-8,10,14H2,1-3H3;1-4H3,(H,7,8). The molecule has 2 rings (SSSR count). The number of aromatic nitrogens is 1. The van der Waals surface area contributed by atoms with Gasteiger partial charge in [0.1, 0.15) is 5.76 Å². The molecule has 168 valence electrons. The van der Waals surface area contributed by atoms with E-state index in [0.29, 0.717) is 0 Å². The predicted octanol–water partition coefficient (Wildman–Crippen LogP) is 5.44. The molecule has 0 saturated carbocycles. The van der Waals surface area contributed by atoms with Crippen molar-refractivity contribution in [2.75, 3.05) is 6.61 Å². The fraction of sp³-hybridized carbons (Fsp3) is 0.600. The van der Waals surface area contributed by atoms with Crippen LogP contribution in [0.4, 0.5) is 0 Å². The minimum absolute atomic E-state index is 0.0107. The summed E-state index contributed by atoms with van der Waals surface area (Å²) in [5, 5.41) is 2.74. The van der Waals surface area contributed by atoms with E-state index in [1.807, 2.05) is 33.9 Å². The van der Waals surface area contributed by atoms with Crippen molar-refractivity contribution in [2.24, 2.45) is 7.05 Å². The summed E-state index contributed by atoms with van der Waals surface area (Å²) in [6.45, 7) is 12.5. The number of carbonyl (C=O) groups excluding carboxylic acids is 1. The molecule has 1 aromatic heterocycles. The fourth-order valence-corrected chi connectivity index (χ4v) is 3.37. The highest BCUT2D eigenvalue weighted by Crippen LogP contribution is 2.30. The summed E-state index contributed by atoms with van der Waals surface area (Å²) in [6.07, 6.45) is 10.8. The Hall–Kier alpha value is -2.30. The molecule has 0 aliphatic heterocycles. The molecule has 5 nitrogen and oxygen atoms in total. The molecule has 0 radical (unpaired) electrons. The summed E-state index contributed by atoms with van der Waals surface area (Å²) >= 11 is 0. The maximum absolute atomic E-state index is 12.0. The number of amides is 1. The molecule has 1 heterocycles. The molecule has 30 heavy (non-hydrogen) atoms. The van der Waals surface area contributed by atoms with Crippen molar-refractivity contribution < 1.29 is 9.53 Å². The number of unbranched alkanes of at least 4 members (excludes halogenated alkanes) is 3. The van der Waals surface area contributed by atoms with Crippen molar-refractivity contribution in [1.82, 2.24) is 9.88 Å². The quantitative estimate of drug-likeness (QED) is 0.602. The average Bonchev–Trinajstić information content (AvgIpc) is 2.82. The Kier molecular flexibility index (Phi) is 10.6. The van der Waals surface area contributed by atoms with Crippen LogP contribution in [0, 0.1) is 0 Å². The Morgan fingerprint density at radius 3 is 2.40 bits per heavy atom. The van der Waals surface area contributed by atoms with Crippen LogP contribution >= 0.6 is 0 Å². The highest BCUT2D eigenvalue weighted by molar-refractivity contribution is 5.73. The Bertz CT molecular complexity index is 811. The van der Waals surface area contributed by atoms with Crippen LogP contribution in [0.1, 0.15) is 91.3 Å². The van der Waals surface area contributed by atoms with Gasteiger partial charge in [0.2, 0.25) is 5.91 Å². The van der Waals surface area contributed by atoms with E-state index in [2.05, 4.69) is 31.3 Å². The van der Waals surface area contributed by atoms with Crippen molar-refractivity contribution in [2.45, 2.75) is 85.6 Å². The normalized spacial score (nSPS) is 13.2. The molecule has 5 heteroatoms. The molecular formula is C25H40N2O3. The molecule has 0 unspecified atom stereocenters. The fourth-order valence-electron chi connectivity index (χ4n) is 3.37. The number of ether oxygens (including phenoxy) is 1. The first-order valence-electron chi connectivity index (χ1n) is 11.1. The lowest BCUT2D eigenvalue weighted by Crippen LogP contribution is -2.38. The van der Waals surface area contributed by atoms with Gasteiger partial charge >= 0.3 is 0 Å². The highest BCUT2D eigenvalue weighted by Gasteiger charge is 2.18. The zero-order valence-corrected chi connectivity index (χ0v) is 19.9. The van der Waals surface area contributed by atoms with Gasteiger partial charge in [0.05, 0.1) is 12.3 Å². The average molecular weight is 417 g/mol. The molecule has 0 saturated heterocycles. The Morgan fingerprint density at radius 1 is 1.17 bits per heavy atom. The van der Waals surface area contributed by atoms with E-state index in [1.165, 1.54) is 31.8 Å². The SMILES string of the molecule is CC(=O)NC(C)(C)C.CCCCCCOC1=C(CC)CC=Cc2ccc(=O)n(C)c21. The van der Waals surface area contributed by atoms with Crippen molar-refractivity contribution in [3.8, 4) is 0 Å². The molecular weight excluding hydrogens is 376 g/mol.